The first kappa shape index (κ1) is 11.2. The van der Waals surface area contributed by atoms with Crippen molar-refractivity contribution < 1.29 is 9.59 Å². The lowest BCUT2D eigenvalue weighted by molar-refractivity contribution is -0.120. The Bertz CT molecular complexity index is 376. The number of carbonyl (C=O) groups excluding carboxylic acids is 2. The lowest BCUT2D eigenvalue weighted by Gasteiger charge is -2.01. The minimum Gasteiger partial charge on any atom is -0.351 e. The predicted molar refractivity (Wildman–Crippen MR) is 55.4 cm³/mol. The summed E-state index contributed by atoms with van der Waals surface area (Å²) in [6.07, 6.45) is 0. The number of nitrogens with zero attached hydrogens (tertiary/aromatic N) is 2. The third kappa shape index (κ3) is 3.11. The zero-order valence-corrected chi connectivity index (χ0v) is 10.0. The molecule has 1 aromatic heterocycles. The standard InChI is InChI=1S/C6H6Br2N4O2/c7-3-1-4(8)12(11-3)2-5(13)10-6(9)14/h1H,2H2,(H3,9,10,13,14). The number of hydrogen-bond acceptors (Lipinski definition) is 3. The number of aromatic nitrogens is 2. The maximum absolute atomic E-state index is 11.1. The molecule has 1 rings (SSSR count). The van der Waals surface area contributed by atoms with Crippen molar-refractivity contribution in [3.8, 4) is 0 Å². The van der Waals surface area contributed by atoms with Gasteiger partial charge in [-0.1, -0.05) is 0 Å². The first-order chi connectivity index (χ1) is 6.49. The summed E-state index contributed by atoms with van der Waals surface area (Å²) in [5.41, 5.74) is 4.77. The summed E-state index contributed by atoms with van der Waals surface area (Å²) in [5.74, 6) is -0.520. The van der Waals surface area contributed by atoms with Crippen molar-refractivity contribution in [3.05, 3.63) is 15.3 Å². The lowest BCUT2D eigenvalue weighted by Crippen LogP contribution is -2.37. The lowest BCUT2D eigenvalue weighted by atomic mass is 10.6. The Balaban J connectivity index is 2.64. The van der Waals surface area contributed by atoms with E-state index in [-0.39, 0.29) is 6.54 Å². The van der Waals surface area contributed by atoms with Crippen LogP contribution in [-0.4, -0.2) is 21.7 Å². The minimum absolute atomic E-state index is 0.0743. The Morgan fingerprint density at radius 1 is 1.57 bits per heavy atom. The molecule has 0 radical (unpaired) electrons. The largest absolute Gasteiger partial charge is 0.351 e. The SMILES string of the molecule is NC(=O)NC(=O)Cn1nc(Br)cc1Br. The van der Waals surface area contributed by atoms with Gasteiger partial charge in [-0.05, 0) is 31.9 Å². The molecule has 0 unspecified atom stereocenters. The normalized spacial score (nSPS) is 9.86. The third-order valence-electron chi connectivity index (χ3n) is 1.26. The molecular weight excluding hydrogens is 320 g/mol. The molecule has 0 atom stereocenters. The minimum atomic E-state index is -0.877. The molecule has 6 nitrogen and oxygen atoms in total. The summed E-state index contributed by atoms with van der Waals surface area (Å²) in [7, 11) is 0. The maximum Gasteiger partial charge on any atom is 0.318 e. The molecule has 0 fully saturated rings. The molecular formula is C6H6Br2N4O2. The van der Waals surface area contributed by atoms with Gasteiger partial charge < -0.3 is 5.73 Å². The Morgan fingerprint density at radius 3 is 2.64 bits per heavy atom. The molecule has 1 heterocycles. The second-order valence-electron chi connectivity index (χ2n) is 2.36. The van der Waals surface area contributed by atoms with Gasteiger partial charge in [-0.25, -0.2) is 9.48 Å². The molecule has 0 aliphatic heterocycles. The average molecular weight is 326 g/mol. The highest BCUT2D eigenvalue weighted by Gasteiger charge is 2.09. The monoisotopic (exact) mass is 324 g/mol. The van der Waals surface area contributed by atoms with Crippen LogP contribution in [0.3, 0.4) is 0 Å². The van der Waals surface area contributed by atoms with Crippen LogP contribution in [0, 0.1) is 0 Å². The number of nitrogens with two attached hydrogens (primary N) is 1. The number of imide groups is 1. The van der Waals surface area contributed by atoms with E-state index >= 15 is 0 Å². The van der Waals surface area contributed by atoms with Crippen molar-refractivity contribution in [1.82, 2.24) is 15.1 Å². The topological polar surface area (TPSA) is 90.0 Å². The van der Waals surface area contributed by atoms with Crippen LogP contribution in [0.15, 0.2) is 15.3 Å². The summed E-state index contributed by atoms with van der Waals surface area (Å²) in [6, 6.07) is 0.801. The first-order valence-corrected chi connectivity index (χ1v) is 5.06. The number of urea groups is 1. The van der Waals surface area contributed by atoms with Gasteiger partial charge in [0.05, 0.1) is 0 Å². The number of primary amides is 1. The van der Waals surface area contributed by atoms with E-state index in [1.165, 1.54) is 4.68 Å². The Hall–Kier alpha value is -0.890. The molecule has 0 aromatic carbocycles. The van der Waals surface area contributed by atoms with Gasteiger partial charge in [0.25, 0.3) is 0 Å². The van der Waals surface area contributed by atoms with Crippen molar-refractivity contribution >= 4 is 43.8 Å². The number of halogens is 2. The van der Waals surface area contributed by atoms with E-state index in [0.717, 1.165) is 0 Å². The molecule has 76 valence electrons. The van der Waals surface area contributed by atoms with E-state index in [0.29, 0.717) is 9.21 Å². The summed E-state index contributed by atoms with van der Waals surface area (Å²) in [5, 5.41) is 5.86. The van der Waals surface area contributed by atoms with E-state index in [1.807, 2.05) is 5.32 Å². The van der Waals surface area contributed by atoms with E-state index in [4.69, 9.17) is 5.73 Å². The quantitative estimate of drug-likeness (QED) is 0.834. The van der Waals surface area contributed by atoms with Gasteiger partial charge in [0, 0.05) is 6.07 Å². The smallest absolute Gasteiger partial charge is 0.318 e. The number of amides is 3. The fourth-order valence-corrected chi connectivity index (χ4v) is 1.93. The van der Waals surface area contributed by atoms with Crippen LogP contribution in [0.5, 0.6) is 0 Å². The first-order valence-electron chi connectivity index (χ1n) is 3.47. The third-order valence-corrected chi connectivity index (χ3v) is 2.28. The molecule has 0 saturated carbocycles. The number of nitrogens with one attached hydrogen (secondary N) is 1. The van der Waals surface area contributed by atoms with Gasteiger partial charge in [0.15, 0.2) is 0 Å². The Morgan fingerprint density at radius 2 is 2.21 bits per heavy atom. The summed E-state index contributed by atoms with van der Waals surface area (Å²) in [6.45, 7) is -0.0743. The molecule has 0 saturated heterocycles. The molecule has 3 amide bonds. The van der Waals surface area contributed by atoms with Gasteiger partial charge >= 0.3 is 6.03 Å². The van der Waals surface area contributed by atoms with E-state index in [2.05, 4.69) is 37.0 Å². The molecule has 0 aliphatic rings. The van der Waals surface area contributed by atoms with Crippen LogP contribution in [-0.2, 0) is 11.3 Å². The van der Waals surface area contributed by atoms with Crippen LogP contribution < -0.4 is 11.1 Å². The second-order valence-corrected chi connectivity index (χ2v) is 3.98. The molecule has 0 aliphatic carbocycles. The van der Waals surface area contributed by atoms with Gasteiger partial charge in [-0.3, -0.25) is 10.1 Å². The van der Waals surface area contributed by atoms with Crippen molar-refractivity contribution in [2.45, 2.75) is 6.54 Å². The Kier molecular flexibility index (Phi) is 3.64. The highest BCUT2D eigenvalue weighted by molar-refractivity contribution is 9.11. The van der Waals surface area contributed by atoms with Crippen LogP contribution in [0.2, 0.25) is 0 Å². The van der Waals surface area contributed by atoms with E-state index in [1.54, 1.807) is 6.07 Å². The summed E-state index contributed by atoms with van der Waals surface area (Å²) in [4.78, 5) is 21.4. The van der Waals surface area contributed by atoms with Crippen LogP contribution >= 0.6 is 31.9 Å². The maximum atomic E-state index is 11.1. The molecule has 0 spiro atoms. The summed E-state index contributed by atoms with van der Waals surface area (Å²) < 4.78 is 2.60. The van der Waals surface area contributed by atoms with Gasteiger partial charge in [0.1, 0.15) is 15.8 Å². The fraction of sp³-hybridized carbons (Fsp3) is 0.167. The highest BCUT2D eigenvalue weighted by atomic mass is 79.9. The number of carbonyl (C=O) groups is 2. The second kappa shape index (κ2) is 4.56. The predicted octanol–water partition coefficient (Wildman–Crippen LogP) is 0.603. The van der Waals surface area contributed by atoms with Crippen molar-refractivity contribution in [2.75, 3.05) is 0 Å². The van der Waals surface area contributed by atoms with Gasteiger partial charge in [-0.15, -0.1) is 0 Å². The molecule has 3 N–H and O–H groups in total. The van der Waals surface area contributed by atoms with Crippen LogP contribution in [0.1, 0.15) is 0 Å². The van der Waals surface area contributed by atoms with Gasteiger partial charge in [0.2, 0.25) is 5.91 Å². The molecule has 8 heteroatoms. The van der Waals surface area contributed by atoms with E-state index in [9.17, 15) is 9.59 Å². The fourth-order valence-electron chi connectivity index (χ4n) is 0.789. The zero-order chi connectivity index (χ0) is 10.7. The number of rotatable bonds is 2. The summed E-state index contributed by atoms with van der Waals surface area (Å²) >= 11 is 6.32. The van der Waals surface area contributed by atoms with Gasteiger partial charge in [-0.2, -0.15) is 5.10 Å². The van der Waals surface area contributed by atoms with E-state index < -0.39 is 11.9 Å². The molecule has 0 bridgehead atoms. The van der Waals surface area contributed by atoms with Crippen LogP contribution in [0.4, 0.5) is 4.79 Å². The van der Waals surface area contributed by atoms with Crippen molar-refractivity contribution in [3.63, 3.8) is 0 Å². The van der Waals surface area contributed by atoms with Crippen molar-refractivity contribution in [2.24, 2.45) is 5.73 Å². The molecule has 14 heavy (non-hydrogen) atoms. The van der Waals surface area contributed by atoms with Crippen molar-refractivity contribution in [1.29, 1.82) is 0 Å². The van der Waals surface area contributed by atoms with Crippen LogP contribution in [0.25, 0.3) is 0 Å². The highest BCUT2D eigenvalue weighted by Crippen LogP contribution is 2.15. The Labute approximate surface area is 96.1 Å². The average Bonchev–Trinajstić information content (AvgIpc) is 2.28. The number of hydrogen-bond donors (Lipinski definition) is 2. The zero-order valence-electron chi connectivity index (χ0n) is 6.83. The molecule has 1 aromatic rings.